The number of carbonyl (C=O) groups is 1. The summed E-state index contributed by atoms with van der Waals surface area (Å²) in [6.07, 6.45) is 1.94. The van der Waals surface area contributed by atoms with Crippen molar-refractivity contribution in [3.05, 3.63) is 11.9 Å². The molecule has 1 atom stereocenters. The second-order valence-electron chi connectivity index (χ2n) is 4.28. The van der Waals surface area contributed by atoms with E-state index in [-0.39, 0.29) is 19.1 Å². The number of nitrogen functional groups attached to an aromatic ring is 1. The van der Waals surface area contributed by atoms with Gasteiger partial charge in [0.05, 0.1) is 18.5 Å². The van der Waals surface area contributed by atoms with Gasteiger partial charge < -0.3 is 20.9 Å². The molecule has 7 heteroatoms. The third kappa shape index (κ3) is 2.40. The maximum absolute atomic E-state index is 11.8. The van der Waals surface area contributed by atoms with E-state index in [1.807, 2.05) is 0 Å². The fourth-order valence-corrected chi connectivity index (χ4v) is 1.80. The molecule has 94 valence electrons. The molecule has 4 N–H and O–H groups in total. The van der Waals surface area contributed by atoms with Crippen molar-refractivity contribution in [2.45, 2.75) is 12.0 Å². The summed E-state index contributed by atoms with van der Waals surface area (Å²) >= 11 is 0. The molecular weight excluding hydrogens is 224 g/mol. The van der Waals surface area contributed by atoms with Gasteiger partial charge in [0.1, 0.15) is 11.3 Å². The van der Waals surface area contributed by atoms with Crippen molar-refractivity contribution in [2.75, 3.05) is 25.5 Å². The van der Waals surface area contributed by atoms with Gasteiger partial charge in [0, 0.05) is 26.6 Å². The van der Waals surface area contributed by atoms with E-state index >= 15 is 0 Å². The van der Waals surface area contributed by atoms with Crippen LogP contribution in [0, 0.1) is 0 Å². The maximum atomic E-state index is 11.8. The molecule has 1 aliphatic rings. The van der Waals surface area contributed by atoms with Crippen LogP contribution in [-0.4, -0.2) is 46.2 Å². The number of ether oxygens (including phenoxy) is 1. The minimum Gasteiger partial charge on any atom is -0.396 e. The number of nitrogens with two attached hydrogens (primary N) is 1. The Morgan fingerprint density at radius 1 is 1.82 bits per heavy atom. The summed E-state index contributed by atoms with van der Waals surface area (Å²) < 4.78 is 6.49. The van der Waals surface area contributed by atoms with E-state index in [9.17, 15) is 9.90 Å². The first-order chi connectivity index (χ1) is 8.02. The Hall–Kier alpha value is -1.60. The Morgan fingerprint density at radius 3 is 3.12 bits per heavy atom. The van der Waals surface area contributed by atoms with E-state index in [2.05, 4.69) is 10.4 Å². The number of hydrogen-bond donors (Lipinski definition) is 3. The Kier molecular flexibility index (Phi) is 3.03. The van der Waals surface area contributed by atoms with Crippen LogP contribution in [0.2, 0.25) is 0 Å². The van der Waals surface area contributed by atoms with E-state index in [1.54, 1.807) is 7.05 Å². The highest BCUT2D eigenvalue weighted by molar-refractivity contribution is 5.97. The lowest BCUT2D eigenvalue weighted by molar-refractivity contribution is 0.0263. The number of hydrogen-bond acceptors (Lipinski definition) is 5. The average molecular weight is 240 g/mol. The number of carbonyl (C=O) groups excluding carboxylic acids is 1. The molecule has 0 radical (unpaired) electrons. The molecule has 1 amide bonds. The SMILES string of the molecule is Cn1ncc(N)c1C(=O)NCC1(O)CCOC1. The fourth-order valence-electron chi connectivity index (χ4n) is 1.80. The van der Waals surface area contributed by atoms with Gasteiger partial charge in [-0.3, -0.25) is 9.48 Å². The number of aromatic nitrogens is 2. The van der Waals surface area contributed by atoms with Crippen LogP contribution in [0.25, 0.3) is 0 Å². The lowest BCUT2D eigenvalue weighted by Gasteiger charge is -2.20. The van der Waals surface area contributed by atoms with Crippen molar-refractivity contribution >= 4 is 11.6 Å². The minimum atomic E-state index is -0.969. The molecule has 0 aliphatic carbocycles. The Labute approximate surface area is 98.5 Å². The molecular formula is C10H16N4O3. The summed E-state index contributed by atoms with van der Waals surface area (Å²) in [4.78, 5) is 11.8. The van der Waals surface area contributed by atoms with Gasteiger partial charge in [0.15, 0.2) is 0 Å². The molecule has 1 aromatic rings. The van der Waals surface area contributed by atoms with Crippen LogP contribution < -0.4 is 11.1 Å². The zero-order valence-electron chi connectivity index (χ0n) is 9.64. The summed E-state index contributed by atoms with van der Waals surface area (Å²) in [5, 5.41) is 16.5. The molecule has 1 saturated heterocycles. The highest BCUT2D eigenvalue weighted by atomic mass is 16.5. The first kappa shape index (κ1) is 11.9. The molecule has 0 spiro atoms. The van der Waals surface area contributed by atoms with E-state index in [0.29, 0.717) is 24.4 Å². The van der Waals surface area contributed by atoms with Crippen LogP contribution in [-0.2, 0) is 11.8 Å². The summed E-state index contributed by atoms with van der Waals surface area (Å²) in [7, 11) is 1.64. The van der Waals surface area contributed by atoms with Gasteiger partial charge in [-0.2, -0.15) is 5.10 Å². The molecule has 1 unspecified atom stereocenters. The van der Waals surface area contributed by atoms with Crippen LogP contribution >= 0.6 is 0 Å². The van der Waals surface area contributed by atoms with Gasteiger partial charge >= 0.3 is 0 Å². The largest absolute Gasteiger partial charge is 0.396 e. The number of rotatable bonds is 3. The van der Waals surface area contributed by atoms with E-state index in [1.165, 1.54) is 10.9 Å². The fraction of sp³-hybridized carbons (Fsp3) is 0.600. The Morgan fingerprint density at radius 2 is 2.59 bits per heavy atom. The van der Waals surface area contributed by atoms with Crippen molar-refractivity contribution < 1.29 is 14.6 Å². The molecule has 1 fully saturated rings. The molecule has 0 bridgehead atoms. The molecule has 0 saturated carbocycles. The van der Waals surface area contributed by atoms with Gasteiger partial charge in [0.2, 0.25) is 0 Å². The molecule has 1 aromatic heterocycles. The van der Waals surface area contributed by atoms with Crippen molar-refractivity contribution in [3.8, 4) is 0 Å². The van der Waals surface area contributed by atoms with E-state index in [0.717, 1.165) is 0 Å². The Balaban J connectivity index is 1.98. The minimum absolute atomic E-state index is 0.149. The lowest BCUT2D eigenvalue weighted by Crippen LogP contribution is -2.43. The van der Waals surface area contributed by atoms with E-state index < -0.39 is 5.60 Å². The van der Waals surface area contributed by atoms with Crippen LogP contribution in [0.5, 0.6) is 0 Å². The van der Waals surface area contributed by atoms with Crippen LogP contribution in [0.3, 0.4) is 0 Å². The summed E-state index contributed by atoms with van der Waals surface area (Å²) in [5.74, 6) is -0.345. The number of nitrogens with zero attached hydrogens (tertiary/aromatic N) is 2. The predicted octanol–water partition coefficient (Wildman–Crippen LogP) is -1.12. The molecule has 7 nitrogen and oxygen atoms in total. The second-order valence-corrected chi connectivity index (χ2v) is 4.28. The molecule has 0 aromatic carbocycles. The van der Waals surface area contributed by atoms with Crippen LogP contribution in [0.4, 0.5) is 5.69 Å². The van der Waals surface area contributed by atoms with Crippen LogP contribution in [0.15, 0.2) is 6.20 Å². The van der Waals surface area contributed by atoms with Crippen molar-refractivity contribution in [3.63, 3.8) is 0 Å². The number of aliphatic hydroxyl groups is 1. The van der Waals surface area contributed by atoms with Crippen molar-refractivity contribution in [1.29, 1.82) is 0 Å². The lowest BCUT2D eigenvalue weighted by atomic mass is 10.0. The maximum Gasteiger partial charge on any atom is 0.271 e. The summed E-state index contributed by atoms with van der Waals surface area (Å²) in [6.45, 7) is 0.908. The van der Waals surface area contributed by atoms with Gasteiger partial charge in [-0.15, -0.1) is 0 Å². The van der Waals surface area contributed by atoms with Gasteiger partial charge in [-0.25, -0.2) is 0 Å². The van der Waals surface area contributed by atoms with Gasteiger partial charge in [0.25, 0.3) is 5.91 Å². The third-order valence-electron chi connectivity index (χ3n) is 2.84. The topological polar surface area (TPSA) is 102 Å². The molecule has 2 heterocycles. The zero-order chi connectivity index (χ0) is 12.5. The Bertz CT molecular complexity index is 404. The summed E-state index contributed by atoms with van der Waals surface area (Å²) in [5.41, 5.74) is 5.28. The highest BCUT2D eigenvalue weighted by Gasteiger charge is 2.33. The smallest absolute Gasteiger partial charge is 0.271 e. The number of nitrogens with one attached hydrogen (secondary N) is 1. The summed E-state index contributed by atoms with van der Waals surface area (Å²) in [6, 6.07) is 0. The number of amides is 1. The standard InChI is InChI=1S/C10H16N4O3/c1-14-8(7(11)4-13-14)9(15)12-5-10(16)2-3-17-6-10/h4,16H,2-3,5-6,11H2,1H3,(H,12,15). The first-order valence-electron chi connectivity index (χ1n) is 5.38. The molecule has 1 aliphatic heterocycles. The van der Waals surface area contributed by atoms with Gasteiger partial charge in [-0.1, -0.05) is 0 Å². The first-order valence-corrected chi connectivity index (χ1v) is 5.38. The quantitative estimate of drug-likeness (QED) is 0.621. The highest BCUT2D eigenvalue weighted by Crippen LogP contribution is 2.17. The van der Waals surface area contributed by atoms with Crippen molar-refractivity contribution in [2.24, 2.45) is 7.05 Å². The average Bonchev–Trinajstić information content (AvgIpc) is 2.84. The zero-order valence-corrected chi connectivity index (χ0v) is 9.64. The number of aryl methyl sites for hydroxylation is 1. The molecule has 2 rings (SSSR count). The second kappa shape index (κ2) is 4.34. The monoisotopic (exact) mass is 240 g/mol. The van der Waals surface area contributed by atoms with Crippen LogP contribution in [0.1, 0.15) is 16.9 Å². The van der Waals surface area contributed by atoms with Gasteiger partial charge in [-0.05, 0) is 0 Å². The van der Waals surface area contributed by atoms with E-state index in [4.69, 9.17) is 10.5 Å². The van der Waals surface area contributed by atoms with Crippen molar-refractivity contribution in [1.82, 2.24) is 15.1 Å². The third-order valence-corrected chi connectivity index (χ3v) is 2.84. The normalized spacial score (nSPS) is 23.9. The molecule has 17 heavy (non-hydrogen) atoms. The number of anilines is 1. The predicted molar refractivity (Wildman–Crippen MR) is 60.3 cm³/mol.